The van der Waals surface area contributed by atoms with Gasteiger partial charge in [0.1, 0.15) is 0 Å². The number of ether oxygens (including phenoxy) is 1. The summed E-state index contributed by atoms with van der Waals surface area (Å²) in [5.41, 5.74) is -0.102. The van der Waals surface area contributed by atoms with Crippen LogP contribution in [0.4, 0.5) is 0 Å². The van der Waals surface area contributed by atoms with Gasteiger partial charge in [0.15, 0.2) is 0 Å². The van der Waals surface area contributed by atoms with Crippen molar-refractivity contribution in [3.8, 4) is 0 Å². The summed E-state index contributed by atoms with van der Waals surface area (Å²) in [7, 11) is 0. The third kappa shape index (κ3) is 3.43. The molecule has 0 radical (unpaired) electrons. The number of hydrogen-bond donors (Lipinski definition) is 1. The Morgan fingerprint density at radius 3 is 2.61 bits per heavy atom. The highest BCUT2D eigenvalue weighted by Gasteiger charge is 2.18. The quantitative estimate of drug-likeness (QED) is 0.839. The van der Waals surface area contributed by atoms with Gasteiger partial charge in [-0.25, -0.2) is 4.79 Å². The van der Waals surface area contributed by atoms with E-state index in [1.165, 1.54) is 22.9 Å². The Hall–Kier alpha value is -1.62. The average molecular weight is 253 g/mol. The molecule has 0 aliphatic heterocycles. The minimum absolute atomic E-state index is 0.108. The molecule has 1 unspecified atom stereocenters. The summed E-state index contributed by atoms with van der Waals surface area (Å²) >= 11 is 0. The first-order valence-electron chi connectivity index (χ1n) is 6.00. The number of aromatic nitrogens is 1. The molecule has 1 aromatic heterocycles. The summed E-state index contributed by atoms with van der Waals surface area (Å²) in [6.45, 7) is 6.80. The van der Waals surface area contributed by atoms with Crippen LogP contribution in [0.15, 0.2) is 23.1 Å². The number of aromatic carboxylic acids is 1. The van der Waals surface area contributed by atoms with Crippen LogP contribution in [-0.2, 0) is 4.74 Å². The second-order valence-corrected chi connectivity index (χ2v) is 4.44. The van der Waals surface area contributed by atoms with Crippen LogP contribution in [0.5, 0.6) is 0 Å². The van der Waals surface area contributed by atoms with Crippen molar-refractivity contribution in [3.63, 3.8) is 0 Å². The molecule has 0 aromatic carbocycles. The molecule has 0 aliphatic carbocycles. The zero-order chi connectivity index (χ0) is 13.7. The van der Waals surface area contributed by atoms with Crippen LogP contribution in [0, 0.1) is 5.92 Å². The number of carboxylic acid groups (broad SMARTS) is 1. The molecule has 1 atom stereocenters. The summed E-state index contributed by atoms with van der Waals surface area (Å²) in [5, 5.41) is 8.95. The smallest absolute Gasteiger partial charge is 0.337 e. The second kappa shape index (κ2) is 6.35. The van der Waals surface area contributed by atoms with E-state index in [1.54, 1.807) is 0 Å². The van der Waals surface area contributed by atoms with Gasteiger partial charge >= 0.3 is 5.97 Å². The average Bonchev–Trinajstić information content (AvgIpc) is 2.31. The van der Waals surface area contributed by atoms with E-state index >= 15 is 0 Å². The third-order valence-corrected chi connectivity index (χ3v) is 2.80. The van der Waals surface area contributed by atoms with Crippen molar-refractivity contribution in [2.24, 2.45) is 5.92 Å². The van der Waals surface area contributed by atoms with Crippen molar-refractivity contribution >= 4 is 5.97 Å². The van der Waals surface area contributed by atoms with Crippen LogP contribution < -0.4 is 5.56 Å². The maximum Gasteiger partial charge on any atom is 0.337 e. The van der Waals surface area contributed by atoms with Crippen molar-refractivity contribution in [2.45, 2.75) is 26.8 Å². The molecule has 1 rings (SSSR count). The zero-order valence-corrected chi connectivity index (χ0v) is 10.9. The first-order chi connectivity index (χ1) is 8.47. The first kappa shape index (κ1) is 14.4. The Kier molecular flexibility index (Phi) is 5.09. The van der Waals surface area contributed by atoms with Crippen molar-refractivity contribution < 1.29 is 14.6 Å². The minimum atomic E-state index is -1.04. The number of carboxylic acids is 1. The Balaban J connectivity index is 3.13. The topological polar surface area (TPSA) is 68.5 Å². The predicted octanol–water partition coefficient (Wildman–Crippen LogP) is 1.78. The predicted molar refractivity (Wildman–Crippen MR) is 68.0 cm³/mol. The number of pyridine rings is 1. The van der Waals surface area contributed by atoms with E-state index in [2.05, 4.69) is 0 Å². The lowest BCUT2D eigenvalue weighted by atomic mass is 10.0. The monoisotopic (exact) mass is 253 g/mol. The lowest BCUT2D eigenvalue weighted by molar-refractivity contribution is 0.0692. The fourth-order valence-corrected chi connectivity index (χ4v) is 1.72. The van der Waals surface area contributed by atoms with E-state index in [0.717, 1.165) is 0 Å². The molecule has 18 heavy (non-hydrogen) atoms. The van der Waals surface area contributed by atoms with Gasteiger partial charge in [0, 0.05) is 18.9 Å². The normalized spacial score (nSPS) is 12.7. The summed E-state index contributed by atoms with van der Waals surface area (Å²) in [4.78, 5) is 22.7. The van der Waals surface area contributed by atoms with Gasteiger partial charge in [0.25, 0.3) is 5.56 Å². The largest absolute Gasteiger partial charge is 0.478 e. The maximum atomic E-state index is 11.8. The molecule has 5 nitrogen and oxygen atoms in total. The molecule has 0 aliphatic rings. The molecule has 0 amide bonds. The molecule has 0 spiro atoms. The summed E-state index contributed by atoms with van der Waals surface area (Å²) in [6.07, 6.45) is 1.38. The van der Waals surface area contributed by atoms with Crippen molar-refractivity contribution in [2.75, 3.05) is 13.2 Å². The number of rotatable bonds is 6. The summed E-state index contributed by atoms with van der Waals surface area (Å²) in [5.74, 6) is -0.860. The lowest BCUT2D eigenvalue weighted by Gasteiger charge is -2.23. The third-order valence-electron chi connectivity index (χ3n) is 2.80. The van der Waals surface area contributed by atoms with Crippen molar-refractivity contribution in [1.29, 1.82) is 0 Å². The van der Waals surface area contributed by atoms with Crippen molar-refractivity contribution in [1.82, 2.24) is 4.57 Å². The van der Waals surface area contributed by atoms with Gasteiger partial charge in [-0.05, 0) is 18.9 Å². The van der Waals surface area contributed by atoms with E-state index < -0.39 is 5.97 Å². The van der Waals surface area contributed by atoms with Crippen LogP contribution in [0.25, 0.3) is 0 Å². The van der Waals surface area contributed by atoms with Crippen LogP contribution in [0.2, 0.25) is 0 Å². The zero-order valence-electron chi connectivity index (χ0n) is 10.9. The number of nitrogens with zero attached hydrogens (tertiary/aromatic N) is 1. The fourth-order valence-electron chi connectivity index (χ4n) is 1.72. The molecule has 1 aromatic rings. The van der Waals surface area contributed by atoms with Crippen molar-refractivity contribution in [3.05, 3.63) is 34.2 Å². The van der Waals surface area contributed by atoms with E-state index in [1.807, 2.05) is 20.8 Å². The highest BCUT2D eigenvalue weighted by molar-refractivity contribution is 5.87. The van der Waals surface area contributed by atoms with E-state index in [4.69, 9.17) is 9.84 Å². The van der Waals surface area contributed by atoms with Gasteiger partial charge in [-0.15, -0.1) is 0 Å². The molecule has 5 heteroatoms. The molecular weight excluding hydrogens is 234 g/mol. The molecule has 0 saturated heterocycles. The number of carbonyl (C=O) groups is 1. The molecule has 100 valence electrons. The summed E-state index contributed by atoms with van der Waals surface area (Å²) in [6, 6.07) is 2.45. The molecule has 0 fully saturated rings. The fraction of sp³-hybridized carbons (Fsp3) is 0.538. The van der Waals surface area contributed by atoms with Gasteiger partial charge in [-0.1, -0.05) is 13.8 Å². The Morgan fingerprint density at radius 1 is 1.44 bits per heavy atom. The lowest BCUT2D eigenvalue weighted by Crippen LogP contribution is -2.31. The standard InChI is InChI=1S/C13H19NO4/c1-4-18-8-11(9(2)3)14-7-10(13(16)17)5-6-12(14)15/h5-7,9,11H,4,8H2,1-3H3,(H,16,17). The Bertz CT molecular complexity index is 464. The van der Waals surface area contributed by atoms with Gasteiger partial charge in [-0.3, -0.25) is 4.79 Å². The molecular formula is C13H19NO4. The first-order valence-corrected chi connectivity index (χ1v) is 6.00. The molecule has 1 N–H and O–H groups in total. The SMILES string of the molecule is CCOCC(C(C)C)n1cc(C(=O)O)ccc1=O. The molecule has 1 heterocycles. The van der Waals surface area contributed by atoms with Gasteiger partial charge in [-0.2, -0.15) is 0 Å². The Labute approximate surface area is 106 Å². The Morgan fingerprint density at radius 2 is 2.11 bits per heavy atom. The molecule has 0 bridgehead atoms. The van der Waals surface area contributed by atoms with E-state index in [9.17, 15) is 9.59 Å². The highest BCUT2D eigenvalue weighted by Crippen LogP contribution is 2.16. The van der Waals surface area contributed by atoms with Crippen LogP contribution >= 0.6 is 0 Å². The van der Waals surface area contributed by atoms with E-state index in [0.29, 0.717) is 13.2 Å². The van der Waals surface area contributed by atoms with Gasteiger partial charge < -0.3 is 14.4 Å². The maximum absolute atomic E-state index is 11.8. The van der Waals surface area contributed by atoms with Crippen LogP contribution in [0.3, 0.4) is 0 Å². The number of hydrogen-bond acceptors (Lipinski definition) is 3. The van der Waals surface area contributed by atoms with Crippen LogP contribution in [-0.4, -0.2) is 28.9 Å². The molecule has 0 saturated carbocycles. The van der Waals surface area contributed by atoms with Gasteiger partial charge in [0.05, 0.1) is 18.2 Å². The second-order valence-electron chi connectivity index (χ2n) is 4.44. The van der Waals surface area contributed by atoms with Gasteiger partial charge in [0.2, 0.25) is 0 Å². The van der Waals surface area contributed by atoms with Crippen LogP contribution in [0.1, 0.15) is 37.2 Å². The summed E-state index contributed by atoms with van der Waals surface area (Å²) < 4.78 is 6.81. The van der Waals surface area contributed by atoms with E-state index in [-0.39, 0.29) is 23.1 Å². The minimum Gasteiger partial charge on any atom is -0.478 e. The highest BCUT2D eigenvalue weighted by atomic mass is 16.5.